The Labute approximate surface area is 144 Å². The zero-order valence-electron chi connectivity index (χ0n) is 12.9. The van der Waals surface area contributed by atoms with Crippen LogP contribution in [0.15, 0.2) is 34.3 Å². The molecule has 2 heterocycles. The van der Waals surface area contributed by atoms with Crippen molar-refractivity contribution in [2.24, 2.45) is 0 Å². The van der Waals surface area contributed by atoms with Crippen molar-refractivity contribution in [3.63, 3.8) is 0 Å². The lowest BCUT2D eigenvalue weighted by molar-refractivity contribution is -0.132. The molecule has 0 bridgehead atoms. The van der Waals surface area contributed by atoms with Crippen LogP contribution in [0.2, 0.25) is 0 Å². The molecule has 4 nitrogen and oxygen atoms in total. The average Bonchev–Trinajstić information content (AvgIpc) is 3.05. The number of amides is 2. The molecule has 0 radical (unpaired) electrons. The summed E-state index contributed by atoms with van der Waals surface area (Å²) in [6.07, 6.45) is 3.41. The highest BCUT2D eigenvalue weighted by Gasteiger charge is 2.32. The lowest BCUT2D eigenvalue weighted by Gasteiger charge is -2.21. The zero-order valence-corrected chi connectivity index (χ0v) is 14.5. The van der Waals surface area contributed by atoms with E-state index < -0.39 is 0 Å². The lowest BCUT2D eigenvalue weighted by Crippen LogP contribution is -2.33. The van der Waals surface area contributed by atoms with Gasteiger partial charge in [-0.3, -0.25) is 9.59 Å². The second-order valence-electron chi connectivity index (χ2n) is 5.70. The molecule has 2 aromatic heterocycles. The molecule has 0 aromatic carbocycles. The van der Waals surface area contributed by atoms with Crippen molar-refractivity contribution in [3.05, 3.63) is 44.8 Å². The van der Waals surface area contributed by atoms with E-state index in [1.807, 2.05) is 27.1 Å². The Morgan fingerprint density at radius 2 is 2.13 bits per heavy atom. The Morgan fingerprint density at radius 1 is 1.26 bits per heavy atom. The maximum atomic E-state index is 12.4. The van der Waals surface area contributed by atoms with Gasteiger partial charge in [0.2, 0.25) is 5.91 Å². The first-order chi connectivity index (χ1) is 11.2. The Balaban J connectivity index is 1.41. The molecule has 3 rings (SSSR count). The molecule has 122 valence electrons. The number of carbonyl (C=O) groups is 2. The fourth-order valence-corrected chi connectivity index (χ4v) is 3.80. The predicted octanol–water partition coefficient (Wildman–Crippen LogP) is 3.51. The number of nitrogens with zero attached hydrogens (tertiary/aromatic N) is 1. The van der Waals surface area contributed by atoms with Gasteiger partial charge in [-0.1, -0.05) is 6.07 Å². The van der Waals surface area contributed by atoms with Gasteiger partial charge in [0.15, 0.2) is 0 Å². The van der Waals surface area contributed by atoms with Crippen LogP contribution in [0.4, 0.5) is 0 Å². The number of hydrogen-bond donors (Lipinski definition) is 1. The summed E-state index contributed by atoms with van der Waals surface area (Å²) in [4.78, 5) is 27.5. The number of rotatable bonds is 8. The fourth-order valence-electron chi connectivity index (χ4n) is 2.46. The largest absolute Gasteiger partial charge is 0.352 e. The number of hydrogen-bond acceptors (Lipinski definition) is 4. The zero-order chi connectivity index (χ0) is 16.1. The average molecular weight is 348 g/mol. The smallest absolute Gasteiger partial charge is 0.252 e. The second-order valence-corrected chi connectivity index (χ2v) is 7.52. The first kappa shape index (κ1) is 16.2. The molecule has 0 unspecified atom stereocenters. The Hall–Kier alpha value is -1.66. The van der Waals surface area contributed by atoms with Crippen LogP contribution in [0.3, 0.4) is 0 Å². The van der Waals surface area contributed by atoms with Gasteiger partial charge >= 0.3 is 0 Å². The summed E-state index contributed by atoms with van der Waals surface area (Å²) in [5.41, 5.74) is 0.693. The van der Waals surface area contributed by atoms with Gasteiger partial charge in [-0.15, -0.1) is 11.3 Å². The highest BCUT2D eigenvalue weighted by Crippen LogP contribution is 2.29. The quantitative estimate of drug-likeness (QED) is 0.742. The summed E-state index contributed by atoms with van der Waals surface area (Å²) in [5, 5.41) is 8.63. The Morgan fingerprint density at radius 3 is 2.78 bits per heavy atom. The molecule has 2 aromatic rings. The molecule has 6 heteroatoms. The summed E-state index contributed by atoms with van der Waals surface area (Å²) >= 11 is 3.20. The van der Waals surface area contributed by atoms with Crippen LogP contribution in [0.25, 0.3) is 0 Å². The molecule has 1 N–H and O–H groups in total. The Kier molecular flexibility index (Phi) is 5.46. The normalized spacial score (nSPS) is 13.7. The van der Waals surface area contributed by atoms with Gasteiger partial charge in [0.25, 0.3) is 5.91 Å². The van der Waals surface area contributed by atoms with E-state index in [9.17, 15) is 9.59 Å². The van der Waals surface area contributed by atoms with E-state index in [1.165, 1.54) is 16.2 Å². The van der Waals surface area contributed by atoms with Crippen molar-refractivity contribution < 1.29 is 9.59 Å². The van der Waals surface area contributed by atoms with Crippen LogP contribution in [0.5, 0.6) is 0 Å². The highest BCUT2D eigenvalue weighted by atomic mass is 32.1. The van der Waals surface area contributed by atoms with E-state index in [0.717, 1.165) is 19.4 Å². The molecular weight excluding hydrogens is 328 g/mol. The highest BCUT2D eigenvalue weighted by molar-refractivity contribution is 7.09. The maximum absolute atomic E-state index is 12.4. The second kappa shape index (κ2) is 7.75. The first-order valence-corrected chi connectivity index (χ1v) is 9.68. The van der Waals surface area contributed by atoms with Crippen molar-refractivity contribution in [1.82, 2.24) is 10.2 Å². The SMILES string of the molecule is O=C(NCCCC(=O)N(Cc1cccs1)C1CC1)c1ccsc1. The molecule has 0 aliphatic heterocycles. The van der Waals surface area contributed by atoms with E-state index in [4.69, 9.17) is 0 Å². The molecule has 1 aliphatic carbocycles. The van der Waals surface area contributed by atoms with Crippen LogP contribution in [-0.4, -0.2) is 29.3 Å². The van der Waals surface area contributed by atoms with Crippen LogP contribution >= 0.6 is 22.7 Å². The Bertz CT molecular complexity index is 634. The van der Waals surface area contributed by atoms with Crippen LogP contribution in [0.1, 0.15) is 40.9 Å². The van der Waals surface area contributed by atoms with E-state index in [1.54, 1.807) is 17.4 Å². The van der Waals surface area contributed by atoms with E-state index in [0.29, 0.717) is 31.0 Å². The maximum Gasteiger partial charge on any atom is 0.252 e. The van der Waals surface area contributed by atoms with Gasteiger partial charge in [-0.05, 0) is 42.2 Å². The molecular formula is C17H20N2O2S2. The summed E-state index contributed by atoms with van der Waals surface area (Å²) in [7, 11) is 0. The van der Waals surface area contributed by atoms with E-state index in [2.05, 4.69) is 11.4 Å². The number of nitrogens with one attached hydrogen (secondary N) is 1. The molecule has 0 atom stereocenters. The van der Waals surface area contributed by atoms with Crippen LogP contribution in [-0.2, 0) is 11.3 Å². The minimum absolute atomic E-state index is 0.0590. The van der Waals surface area contributed by atoms with E-state index >= 15 is 0 Å². The van der Waals surface area contributed by atoms with Gasteiger partial charge in [-0.2, -0.15) is 11.3 Å². The van der Waals surface area contributed by atoms with Gasteiger partial charge in [0.1, 0.15) is 0 Å². The van der Waals surface area contributed by atoms with Gasteiger partial charge in [0, 0.05) is 34.8 Å². The third kappa shape index (κ3) is 4.65. The predicted molar refractivity (Wildman–Crippen MR) is 93.8 cm³/mol. The van der Waals surface area contributed by atoms with Crippen LogP contribution < -0.4 is 5.32 Å². The molecule has 0 spiro atoms. The van der Waals surface area contributed by atoms with Crippen molar-refractivity contribution in [2.75, 3.05) is 6.54 Å². The van der Waals surface area contributed by atoms with Gasteiger partial charge in [-0.25, -0.2) is 0 Å². The standard InChI is InChI=1S/C17H20N2O2S2/c20-16(4-1-8-18-17(21)13-7-10-22-12-13)19(14-5-6-14)11-15-3-2-9-23-15/h2-3,7,9-10,12,14H,1,4-6,8,11H2,(H,18,21). The summed E-state index contributed by atoms with van der Waals surface area (Å²) in [6, 6.07) is 6.33. The van der Waals surface area contributed by atoms with E-state index in [-0.39, 0.29) is 11.8 Å². The van der Waals surface area contributed by atoms with Gasteiger partial charge < -0.3 is 10.2 Å². The molecule has 1 saturated carbocycles. The van der Waals surface area contributed by atoms with Crippen molar-refractivity contribution >= 4 is 34.5 Å². The van der Waals surface area contributed by atoms with Crippen molar-refractivity contribution in [1.29, 1.82) is 0 Å². The minimum Gasteiger partial charge on any atom is -0.352 e. The van der Waals surface area contributed by atoms with Crippen LogP contribution in [0, 0.1) is 0 Å². The van der Waals surface area contributed by atoms with Crippen molar-refractivity contribution in [3.8, 4) is 0 Å². The molecule has 0 saturated heterocycles. The fraction of sp³-hybridized carbons (Fsp3) is 0.412. The summed E-state index contributed by atoms with van der Waals surface area (Å²) in [6.45, 7) is 1.26. The topological polar surface area (TPSA) is 49.4 Å². The van der Waals surface area contributed by atoms with Gasteiger partial charge in [0.05, 0.1) is 6.54 Å². The summed E-state index contributed by atoms with van der Waals surface area (Å²) in [5.74, 6) is 0.141. The third-order valence-corrected chi connectivity index (χ3v) is 5.39. The number of thiophene rings is 2. The lowest BCUT2D eigenvalue weighted by atomic mass is 10.2. The molecule has 2 amide bonds. The first-order valence-electron chi connectivity index (χ1n) is 7.86. The monoisotopic (exact) mass is 348 g/mol. The van der Waals surface area contributed by atoms with Crippen molar-refractivity contribution in [2.45, 2.75) is 38.3 Å². The minimum atomic E-state index is -0.0590. The summed E-state index contributed by atoms with van der Waals surface area (Å²) < 4.78 is 0. The third-order valence-electron chi connectivity index (χ3n) is 3.85. The number of carbonyl (C=O) groups excluding carboxylic acids is 2. The molecule has 1 aliphatic rings. The molecule has 1 fully saturated rings. The molecule has 23 heavy (non-hydrogen) atoms.